The number of anilines is 1. The number of nitrogens with one attached hydrogen (secondary N) is 2. The minimum Gasteiger partial charge on any atom is -0.489 e. The zero-order valence-corrected chi connectivity index (χ0v) is 45.7. The van der Waals surface area contributed by atoms with Gasteiger partial charge in [-0.25, -0.2) is 31.8 Å². The quantitative estimate of drug-likeness (QED) is 0.0309. The third-order valence-electron chi connectivity index (χ3n) is 11.6. The van der Waals surface area contributed by atoms with Crippen LogP contribution in [0, 0.1) is 12.3 Å². The van der Waals surface area contributed by atoms with Crippen molar-refractivity contribution in [2.45, 2.75) is 71.1 Å². The van der Waals surface area contributed by atoms with E-state index in [0.29, 0.717) is 63.7 Å². The van der Waals surface area contributed by atoms with Gasteiger partial charge in [-0.15, -0.1) is 29.6 Å². The molecule has 0 radical (unpaired) electrons. The van der Waals surface area contributed by atoms with Crippen LogP contribution in [-0.2, 0) is 50.1 Å². The van der Waals surface area contributed by atoms with Gasteiger partial charge < -0.3 is 15.2 Å². The lowest BCUT2D eigenvalue weighted by Crippen LogP contribution is -2.47. The number of aliphatic imine (C=N–C) groups is 1. The maximum Gasteiger partial charge on any atom is 0.236 e. The summed E-state index contributed by atoms with van der Waals surface area (Å²) in [6.45, 7) is 14.3. The van der Waals surface area contributed by atoms with Gasteiger partial charge in [0, 0.05) is 40.2 Å². The molecule has 0 aliphatic carbocycles. The summed E-state index contributed by atoms with van der Waals surface area (Å²) >= 11 is 26.4. The van der Waals surface area contributed by atoms with Crippen molar-refractivity contribution >= 4 is 78.1 Å². The zero-order valence-electron chi connectivity index (χ0n) is 41.1. The number of alkyl halides is 2. The molecule has 18 heteroatoms. The van der Waals surface area contributed by atoms with E-state index in [1.165, 1.54) is 6.20 Å². The van der Waals surface area contributed by atoms with Gasteiger partial charge in [0.05, 0.1) is 34.7 Å². The number of sulfonamides is 2. The van der Waals surface area contributed by atoms with E-state index in [9.17, 15) is 16.8 Å². The lowest BCUT2D eigenvalue weighted by Gasteiger charge is -2.49. The predicted octanol–water partition coefficient (Wildman–Crippen LogP) is 10.8. The van der Waals surface area contributed by atoms with E-state index >= 15 is 0 Å². The largest absolute Gasteiger partial charge is 0.489 e. The minimum absolute atomic E-state index is 0.0165. The summed E-state index contributed by atoms with van der Waals surface area (Å²) in [7, 11) is -7.10. The van der Waals surface area contributed by atoms with E-state index in [1.54, 1.807) is 12.1 Å². The van der Waals surface area contributed by atoms with Gasteiger partial charge in [0.1, 0.15) is 24.8 Å². The summed E-state index contributed by atoms with van der Waals surface area (Å²) in [6, 6.07) is 28.0. The summed E-state index contributed by atoms with van der Waals surface area (Å²) in [4.78, 5) is 12.7. The fraction of sp³-hybridized carbons (Fsp3) is 0.340. The van der Waals surface area contributed by atoms with Gasteiger partial charge in [0.15, 0.2) is 5.75 Å². The molecule has 0 aliphatic heterocycles. The fourth-order valence-electron chi connectivity index (χ4n) is 8.07. The normalized spacial score (nSPS) is 13.7. The Morgan fingerprint density at radius 3 is 2.03 bits per heavy atom. The predicted molar refractivity (Wildman–Crippen MR) is 294 cm³/mol. The molecule has 5 aromatic rings. The Balaban J connectivity index is 0.00000540. The standard InChI is InChI=1S/C51H56Cl4N6O6S2.C2H6/c1-8-37-29-42(31-47(55)48(37)66-27-25-53)51(5,40-18-21-45(22-19-40)67-33-34(2)28-44(32-56)58-35(3)60-68(6,62)63)50(4,41-17-14-38(10-9-24-52)46(54)30-41)39-15-11-36(12-16-39)13-20-43-23-26-57-49(59-43)61-69(7,64)65;1-2/h1,11-12,14-19,21-23,26,28-31,60H,3,9-10,13,20,24-25,27,32-33,56H2,2,4-7H3,(H,57,59,61);1-2H3/b34-28+,58-44+;. The van der Waals surface area contributed by atoms with E-state index in [1.807, 2.05) is 63.2 Å². The van der Waals surface area contributed by atoms with Crippen LogP contribution in [-0.4, -0.2) is 76.5 Å². The molecule has 0 spiro atoms. The van der Waals surface area contributed by atoms with E-state index < -0.39 is 30.9 Å². The van der Waals surface area contributed by atoms with Crippen LogP contribution in [0.5, 0.6) is 11.5 Å². The average molecular weight is 1090 g/mol. The summed E-state index contributed by atoms with van der Waals surface area (Å²) in [5, 5.41) is 0.928. The maximum atomic E-state index is 11.8. The van der Waals surface area contributed by atoms with E-state index in [4.69, 9.17) is 68.0 Å². The minimum atomic E-state index is -3.56. The maximum absolute atomic E-state index is 11.8. The van der Waals surface area contributed by atoms with Crippen molar-refractivity contribution in [3.63, 3.8) is 0 Å². The van der Waals surface area contributed by atoms with Gasteiger partial charge in [0.25, 0.3) is 0 Å². The molecule has 4 aromatic carbocycles. The van der Waals surface area contributed by atoms with Crippen LogP contribution in [0.15, 0.2) is 120 Å². The molecule has 71 heavy (non-hydrogen) atoms. The van der Waals surface area contributed by atoms with Crippen molar-refractivity contribution in [2.75, 3.05) is 48.8 Å². The average Bonchev–Trinajstić information content (AvgIpc) is 3.33. The monoisotopic (exact) mass is 1080 g/mol. The molecule has 4 N–H and O–H groups in total. The number of hydrogen-bond acceptors (Lipinski definition) is 10. The summed E-state index contributed by atoms with van der Waals surface area (Å²) in [5.74, 6) is 4.43. The smallest absolute Gasteiger partial charge is 0.236 e. The van der Waals surface area contributed by atoms with Crippen LogP contribution in [0.4, 0.5) is 5.95 Å². The van der Waals surface area contributed by atoms with Crippen LogP contribution in [0.2, 0.25) is 10.0 Å². The van der Waals surface area contributed by atoms with E-state index in [-0.39, 0.29) is 37.4 Å². The summed E-state index contributed by atoms with van der Waals surface area (Å²) in [5.41, 5.74) is 11.9. The van der Waals surface area contributed by atoms with Crippen LogP contribution in [0.1, 0.15) is 85.7 Å². The molecule has 12 nitrogen and oxygen atoms in total. The van der Waals surface area contributed by atoms with Gasteiger partial charge in [-0.1, -0.05) is 112 Å². The number of ether oxygens (including phenoxy) is 2. The molecular formula is C53H62Cl4N6O6S2. The number of halogens is 4. The number of aromatic nitrogens is 2. The van der Waals surface area contributed by atoms with E-state index in [0.717, 1.165) is 57.9 Å². The first-order valence-corrected chi connectivity index (χ1v) is 28.3. The van der Waals surface area contributed by atoms with Crippen molar-refractivity contribution in [3.05, 3.63) is 170 Å². The Bertz CT molecular complexity index is 2970. The molecule has 0 saturated carbocycles. The third-order valence-corrected chi connectivity index (χ3v) is 13.8. The number of nitrogens with zero attached hydrogens (tertiary/aromatic N) is 3. The van der Waals surface area contributed by atoms with Crippen molar-refractivity contribution < 1.29 is 26.3 Å². The second-order valence-electron chi connectivity index (χ2n) is 16.7. The second-order valence-corrected chi connectivity index (χ2v) is 21.8. The molecule has 0 bridgehead atoms. The SMILES string of the molecule is C#Cc1cc(C(C)(c2ccc(OC/C(C)=C/C(CN)=N\C(=C)NS(C)(=O)=O)cc2)C(C)(c2ccc(CCc3ccnc(NS(C)(=O)=O)n3)cc2)c2ccc(CCCCl)c(Cl)c2)cc(Cl)c1OCCCl.CC. The van der Waals surface area contributed by atoms with Crippen molar-refractivity contribution in [1.82, 2.24) is 14.7 Å². The molecule has 0 fully saturated rings. The molecule has 2 unspecified atom stereocenters. The Morgan fingerprint density at radius 1 is 0.831 bits per heavy atom. The van der Waals surface area contributed by atoms with Crippen LogP contribution < -0.4 is 24.7 Å². The molecular weight excluding hydrogens is 1020 g/mol. The lowest BCUT2D eigenvalue weighted by atomic mass is 9.53. The lowest BCUT2D eigenvalue weighted by molar-refractivity contribution is 0.338. The molecule has 1 heterocycles. The summed E-state index contributed by atoms with van der Waals surface area (Å²) < 4.78 is 63.8. The highest BCUT2D eigenvalue weighted by molar-refractivity contribution is 7.92. The Kier molecular flexibility index (Phi) is 21.9. The second kappa shape index (κ2) is 26.5. The number of rotatable bonds is 24. The highest BCUT2D eigenvalue weighted by Gasteiger charge is 2.50. The molecule has 0 aliphatic rings. The molecule has 0 amide bonds. The first-order valence-electron chi connectivity index (χ1n) is 22.7. The Morgan fingerprint density at radius 2 is 1.45 bits per heavy atom. The van der Waals surface area contributed by atoms with Crippen LogP contribution >= 0.6 is 46.4 Å². The van der Waals surface area contributed by atoms with Crippen molar-refractivity contribution in [1.29, 1.82) is 0 Å². The topological polar surface area (TPSA) is 175 Å². The summed E-state index contributed by atoms with van der Waals surface area (Å²) in [6.07, 6.45) is 14.1. The fourth-order valence-corrected chi connectivity index (χ4v) is 9.73. The molecule has 380 valence electrons. The first kappa shape index (κ1) is 58.5. The van der Waals surface area contributed by atoms with Gasteiger partial charge >= 0.3 is 0 Å². The highest BCUT2D eigenvalue weighted by atomic mass is 35.5. The van der Waals surface area contributed by atoms with Crippen LogP contribution in [0.25, 0.3) is 0 Å². The van der Waals surface area contributed by atoms with Gasteiger partial charge in [-0.2, -0.15) is 0 Å². The van der Waals surface area contributed by atoms with Crippen LogP contribution in [0.3, 0.4) is 0 Å². The van der Waals surface area contributed by atoms with Gasteiger partial charge in [-0.3, -0.25) is 9.44 Å². The molecule has 1 aromatic heterocycles. The number of nitrogens with two attached hydrogens (primary N) is 1. The number of benzene rings is 4. The van der Waals surface area contributed by atoms with E-state index in [2.05, 4.69) is 87.1 Å². The number of hydrogen-bond donors (Lipinski definition) is 3. The van der Waals surface area contributed by atoms with Crippen molar-refractivity contribution in [2.24, 2.45) is 10.7 Å². The molecule has 2 atom stereocenters. The molecule has 5 rings (SSSR count). The third kappa shape index (κ3) is 15.9. The Labute approximate surface area is 440 Å². The highest BCUT2D eigenvalue weighted by Crippen LogP contribution is 2.54. The van der Waals surface area contributed by atoms with Gasteiger partial charge in [-0.05, 0) is 114 Å². The number of terminal acetylenes is 1. The first-order chi connectivity index (χ1) is 33.6. The number of aryl methyl sites for hydroxylation is 3. The molecule has 0 saturated heterocycles. The van der Waals surface area contributed by atoms with Gasteiger partial charge in [0.2, 0.25) is 26.0 Å². The van der Waals surface area contributed by atoms with Crippen molar-refractivity contribution in [3.8, 4) is 23.8 Å². The zero-order chi connectivity index (χ0) is 52.6. The Hall–Kier alpha value is -5.11.